The molecule has 0 radical (unpaired) electrons. The van der Waals surface area contributed by atoms with Crippen LogP contribution >= 0.6 is 15.9 Å². The van der Waals surface area contributed by atoms with E-state index in [1.54, 1.807) is 20.2 Å². The zero-order chi connectivity index (χ0) is 13.0. The smallest absolute Gasteiger partial charge is 0.238 e. The maximum absolute atomic E-state index is 5.68. The molecule has 0 aliphatic rings. The number of methoxy groups -OCH3 is 1. The third kappa shape index (κ3) is 2.70. The molecule has 0 saturated heterocycles. The van der Waals surface area contributed by atoms with Crippen molar-refractivity contribution in [2.24, 2.45) is 0 Å². The van der Waals surface area contributed by atoms with Crippen LogP contribution in [0.4, 0.5) is 5.82 Å². The molecule has 0 aliphatic carbocycles. The molecule has 2 aromatic rings. The molecule has 0 bridgehead atoms. The van der Waals surface area contributed by atoms with Gasteiger partial charge >= 0.3 is 0 Å². The van der Waals surface area contributed by atoms with E-state index in [4.69, 9.17) is 9.47 Å². The van der Waals surface area contributed by atoms with Gasteiger partial charge in [0.15, 0.2) is 0 Å². The Morgan fingerprint density at radius 3 is 2.72 bits per heavy atom. The SMILES string of the molecule is CNc1ncnc(Oc2cccc(OC)c2)c1Br. The van der Waals surface area contributed by atoms with E-state index in [1.807, 2.05) is 18.2 Å². The van der Waals surface area contributed by atoms with Gasteiger partial charge in [0.2, 0.25) is 5.88 Å². The van der Waals surface area contributed by atoms with Gasteiger partial charge in [0.25, 0.3) is 0 Å². The first kappa shape index (κ1) is 12.6. The normalized spacial score (nSPS) is 9.94. The Morgan fingerprint density at radius 1 is 1.22 bits per heavy atom. The van der Waals surface area contributed by atoms with Crippen molar-refractivity contribution >= 4 is 21.7 Å². The van der Waals surface area contributed by atoms with Crippen LogP contribution in [0.15, 0.2) is 35.1 Å². The number of hydrogen-bond donors (Lipinski definition) is 1. The van der Waals surface area contributed by atoms with Crippen LogP contribution in [0.25, 0.3) is 0 Å². The van der Waals surface area contributed by atoms with E-state index in [2.05, 4.69) is 31.2 Å². The Bertz CT molecular complexity index is 549. The highest BCUT2D eigenvalue weighted by atomic mass is 79.9. The van der Waals surface area contributed by atoms with Crippen molar-refractivity contribution in [3.63, 3.8) is 0 Å². The predicted octanol–water partition coefficient (Wildman–Crippen LogP) is 3.08. The van der Waals surface area contributed by atoms with Gasteiger partial charge in [-0.25, -0.2) is 9.97 Å². The maximum atomic E-state index is 5.68. The molecular weight excluding hydrogens is 298 g/mol. The maximum Gasteiger partial charge on any atom is 0.238 e. The summed E-state index contributed by atoms with van der Waals surface area (Å²) >= 11 is 3.39. The fourth-order valence-corrected chi connectivity index (χ4v) is 1.86. The van der Waals surface area contributed by atoms with Gasteiger partial charge in [0.05, 0.1) is 7.11 Å². The molecule has 1 aromatic carbocycles. The number of benzene rings is 1. The summed E-state index contributed by atoms with van der Waals surface area (Å²) in [6.45, 7) is 0. The molecule has 0 fully saturated rings. The Labute approximate surface area is 113 Å². The summed E-state index contributed by atoms with van der Waals surface area (Å²) in [5, 5.41) is 2.94. The Balaban J connectivity index is 2.28. The molecule has 6 heteroatoms. The monoisotopic (exact) mass is 309 g/mol. The Morgan fingerprint density at radius 2 is 2.00 bits per heavy atom. The fraction of sp³-hybridized carbons (Fsp3) is 0.167. The van der Waals surface area contributed by atoms with Gasteiger partial charge in [-0.1, -0.05) is 6.07 Å². The number of halogens is 1. The summed E-state index contributed by atoms with van der Waals surface area (Å²) in [7, 11) is 3.39. The number of hydrogen-bond acceptors (Lipinski definition) is 5. The van der Waals surface area contributed by atoms with Crippen LogP contribution in [-0.2, 0) is 0 Å². The first-order valence-electron chi connectivity index (χ1n) is 5.24. The molecule has 1 heterocycles. The minimum atomic E-state index is 0.447. The highest BCUT2D eigenvalue weighted by Crippen LogP contribution is 2.32. The zero-order valence-electron chi connectivity index (χ0n) is 9.98. The highest BCUT2D eigenvalue weighted by Gasteiger charge is 2.09. The molecule has 0 atom stereocenters. The van der Waals surface area contributed by atoms with E-state index >= 15 is 0 Å². The molecule has 1 aromatic heterocycles. The summed E-state index contributed by atoms with van der Waals surface area (Å²) in [5.41, 5.74) is 0. The standard InChI is InChI=1S/C12H12BrN3O2/c1-14-11-10(13)12(16-7-15-11)18-9-5-3-4-8(6-9)17-2/h3-7H,1-2H3,(H,14,15,16). The lowest BCUT2D eigenvalue weighted by atomic mass is 10.3. The second kappa shape index (κ2) is 5.68. The van der Waals surface area contributed by atoms with Crippen molar-refractivity contribution in [2.45, 2.75) is 0 Å². The Hall–Kier alpha value is -1.82. The van der Waals surface area contributed by atoms with E-state index in [0.29, 0.717) is 21.9 Å². The Kier molecular flexibility index (Phi) is 3.99. The summed E-state index contributed by atoms with van der Waals surface area (Å²) in [6.07, 6.45) is 1.44. The molecule has 94 valence electrons. The summed E-state index contributed by atoms with van der Waals surface area (Å²) in [6, 6.07) is 7.31. The molecule has 18 heavy (non-hydrogen) atoms. The topological polar surface area (TPSA) is 56.3 Å². The van der Waals surface area contributed by atoms with Gasteiger partial charge in [0, 0.05) is 13.1 Å². The van der Waals surface area contributed by atoms with Crippen molar-refractivity contribution in [1.82, 2.24) is 9.97 Å². The first-order valence-corrected chi connectivity index (χ1v) is 6.04. The van der Waals surface area contributed by atoms with Crippen LogP contribution < -0.4 is 14.8 Å². The first-order chi connectivity index (χ1) is 8.74. The molecular formula is C12H12BrN3O2. The van der Waals surface area contributed by atoms with Crippen LogP contribution in [0.2, 0.25) is 0 Å². The van der Waals surface area contributed by atoms with E-state index < -0.39 is 0 Å². The summed E-state index contributed by atoms with van der Waals surface area (Å²) < 4.78 is 11.5. The second-order valence-corrected chi connectivity index (χ2v) is 4.17. The molecule has 1 N–H and O–H groups in total. The van der Waals surface area contributed by atoms with Crippen LogP contribution in [0, 0.1) is 0 Å². The lowest BCUT2D eigenvalue weighted by Gasteiger charge is -2.09. The van der Waals surface area contributed by atoms with Crippen molar-refractivity contribution in [2.75, 3.05) is 19.5 Å². The van der Waals surface area contributed by atoms with Crippen molar-refractivity contribution in [1.29, 1.82) is 0 Å². The number of anilines is 1. The molecule has 5 nitrogen and oxygen atoms in total. The highest BCUT2D eigenvalue weighted by molar-refractivity contribution is 9.10. The van der Waals surface area contributed by atoms with Gasteiger partial charge in [-0.15, -0.1) is 0 Å². The summed E-state index contributed by atoms with van der Waals surface area (Å²) in [4.78, 5) is 8.14. The minimum Gasteiger partial charge on any atom is -0.497 e. The minimum absolute atomic E-state index is 0.447. The van der Waals surface area contributed by atoms with E-state index in [1.165, 1.54) is 6.33 Å². The van der Waals surface area contributed by atoms with Crippen LogP contribution in [0.3, 0.4) is 0 Å². The van der Waals surface area contributed by atoms with E-state index in [0.717, 1.165) is 5.75 Å². The van der Waals surface area contributed by atoms with Crippen molar-refractivity contribution in [3.05, 3.63) is 35.1 Å². The largest absolute Gasteiger partial charge is 0.497 e. The molecule has 0 saturated carbocycles. The molecule has 0 amide bonds. The van der Waals surface area contributed by atoms with Crippen LogP contribution in [-0.4, -0.2) is 24.1 Å². The third-order valence-electron chi connectivity index (χ3n) is 2.25. The molecule has 0 aliphatic heterocycles. The van der Waals surface area contributed by atoms with Crippen LogP contribution in [0.5, 0.6) is 17.4 Å². The average Bonchev–Trinajstić information content (AvgIpc) is 2.41. The average molecular weight is 310 g/mol. The molecule has 0 unspecified atom stereocenters. The van der Waals surface area contributed by atoms with Crippen molar-refractivity contribution in [3.8, 4) is 17.4 Å². The van der Waals surface area contributed by atoms with Gasteiger partial charge in [0.1, 0.15) is 28.1 Å². The second-order valence-electron chi connectivity index (χ2n) is 3.37. The lowest BCUT2D eigenvalue weighted by Crippen LogP contribution is -1.97. The quantitative estimate of drug-likeness (QED) is 0.940. The molecule has 0 spiro atoms. The van der Waals surface area contributed by atoms with Gasteiger partial charge in [-0.05, 0) is 28.1 Å². The van der Waals surface area contributed by atoms with Crippen LogP contribution in [0.1, 0.15) is 0 Å². The number of nitrogens with one attached hydrogen (secondary N) is 1. The number of nitrogens with zero attached hydrogens (tertiary/aromatic N) is 2. The zero-order valence-corrected chi connectivity index (χ0v) is 11.6. The van der Waals surface area contributed by atoms with Gasteiger partial charge in [-0.3, -0.25) is 0 Å². The predicted molar refractivity (Wildman–Crippen MR) is 72.3 cm³/mol. The third-order valence-corrected chi connectivity index (χ3v) is 2.96. The lowest BCUT2D eigenvalue weighted by molar-refractivity contribution is 0.407. The van der Waals surface area contributed by atoms with Crippen molar-refractivity contribution < 1.29 is 9.47 Å². The fourth-order valence-electron chi connectivity index (χ4n) is 1.38. The summed E-state index contributed by atoms with van der Waals surface area (Å²) in [5.74, 6) is 2.49. The number of aromatic nitrogens is 2. The van der Waals surface area contributed by atoms with Gasteiger partial charge < -0.3 is 14.8 Å². The van der Waals surface area contributed by atoms with Gasteiger partial charge in [-0.2, -0.15) is 0 Å². The van der Waals surface area contributed by atoms with E-state index in [-0.39, 0.29) is 0 Å². The van der Waals surface area contributed by atoms with E-state index in [9.17, 15) is 0 Å². The number of ether oxygens (including phenoxy) is 2. The number of rotatable bonds is 4. The molecule has 2 rings (SSSR count).